The SMILES string of the molecule is CC(C)(CO)NC(=O)C1CCCC(C(F)(F)F)C1. The van der Waals surface area contributed by atoms with Crippen LogP contribution in [0, 0.1) is 11.8 Å². The molecule has 2 N–H and O–H groups in total. The zero-order valence-corrected chi connectivity index (χ0v) is 10.7. The minimum Gasteiger partial charge on any atom is -0.394 e. The molecule has 1 amide bonds. The monoisotopic (exact) mass is 267 g/mol. The number of hydrogen-bond acceptors (Lipinski definition) is 2. The maximum atomic E-state index is 12.6. The van der Waals surface area contributed by atoms with Crippen LogP contribution in [0.25, 0.3) is 0 Å². The van der Waals surface area contributed by atoms with E-state index in [1.54, 1.807) is 13.8 Å². The van der Waals surface area contributed by atoms with Crippen molar-refractivity contribution in [1.29, 1.82) is 0 Å². The molecule has 0 aromatic heterocycles. The molecule has 2 atom stereocenters. The maximum Gasteiger partial charge on any atom is 0.391 e. The van der Waals surface area contributed by atoms with Crippen LogP contribution in [0.3, 0.4) is 0 Å². The van der Waals surface area contributed by atoms with E-state index in [9.17, 15) is 18.0 Å². The Hall–Kier alpha value is -0.780. The highest BCUT2D eigenvalue weighted by molar-refractivity contribution is 5.79. The van der Waals surface area contributed by atoms with E-state index in [4.69, 9.17) is 5.11 Å². The van der Waals surface area contributed by atoms with E-state index in [0.29, 0.717) is 12.8 Å². The van der Waals surface area contributed by atoms with Crippen molar-refractivity contribution >= 4 is 5.91 Å². The molecule has 1 fully saturated rings. The number of halogens is 3. The Balaban J connectivity index is 2.59. The molecule has 6 heteroatoms. The first kappa shape index (κ1) is 15.3. The molecule has 1 aliphatic rings. The highest BCUT2D eigenvalue weighted by Crippen LogP contribution is 2.40. The van der Waals surface area contributed by atoms with Gasteiger partial charge in [-0.2, -0.15) is 13.2 Å². The summed E-state index contributed by atoms with van der Waals surface area (Å²) in [6.07, 6.45) is -3.35. The topological polar surface area (TPSA) is 49.3 Å². The highest BCUT2D eigenvalue weighted by Gasteiger charge is 2.43. The van der Waals surface area contributed by atoms with Crippen LogP contribution in [0.2, 0.25) is 0 Å². The average molecular weight is 267 g/mol. The van der Waals surface area contributed by atoms with Gasteiger partial charge >= 0.3 is 6.18 Å². The van der Waals surface area contributed by atoms with Crippen molar-refractivity contribution in [3.8, 4) is 0 Å². The van der Waals surface area contributed by atoms with E-state index < -0.39 is 23.6 Å². The average Bonchev–Trinajstić information content (AvgIpc) is 2.27. The number of carbonyl (C=O) groups excluding carboxylic acids is 1. The lowest BCUT2D eigenvalue weighted by atomic mass is 9.80. The lowest BCUT2D eigenvalue weighted by Gasteiger charge is -2.32. The van der Waals surface area contributed by atoms with Gasteiger partial charge in [0.15, 0.2) is 0 Å². The molecule has 1 saturated carbocycles. The van der Waals surface area contributed by atoms with E-state index >= 15 is 0 Å². The molecular weight excluding hydrogens is 247 g/mol. The van der Waals surface area contributed by atoms with Gasteiger partial charge in [0.2, 0.25) is 5.91 Å². The second-order valence-electron chi connectivity index (χ2n) is 5.63. The predicted molar refractivity (Wildman–Crippen MR) is 60.8 cm³/mol. The third-order valence-electron chi connectivity index (χ3n) is 3.36. The molecule has 0 aromatic rings. The van der Waals surface area contributed by atoms with Crippen LogP contribution < -0.4 is 5.32 Å². The summed E-state index contributed by atoms with van der Waals surface area (Å²) >= 11 is 0. The number of alkyl halides is 3. The van der Waals surface area contributed by atoms with Crippen molar-refractivity contribution in [1.82, 2.24) is 5.32 Å². The van der Waals surface area contributed by atoms with E-state index in [0.717, 1.165) is 0 Å². The van der Waals surface area contributed by atoms with E-state index in [2.05, 4.69) is 5.32 Å². The molecule has 3 nitrogen and oxygen atoms in total. The first-order valence-electron chi connectivity index (χ1n) is 6.15. The lowest BCUT2D eigenvalue weighted by Crippen LogP contribution is -2.49. The summed E-state index contributed by atoms with van der Waals surface area (Å²) in [4.78, 5) is 11.9. The molecule has 2 unspecified atom stereocenters. The van der Waals surface area contributed by atoms with Gasteiger partial charge < -0.3 is 10.4 Å². The third-order valence-corrected chi connectivity index (χ3v) is 3.36. The minimum absolute atomic E-state index is 0.108. The molecule has 18 heavy (non-hydrogen) atoms. The summed E-state index contributed by atoms with van der Waals surface area (Å²) in [5.74, 6) is -2.36. The fraction of sp³-hybridized carbons (Fsp3) is 0.917. The van der Waals surface area contributed by atoms with Crippen molar-refractivity contribution in [3.63, 3.8) is 0 Å². The number of carbonyl (C=O) groups is 1. The summed E-state index contributed by atoms with van der Waals surface area (Å²) in [5.41, 5.74) is -0.789. The van der Waals surface area contributed by atoms with Crippen LogP contribution in [0.15, 0.2) is 0 Å². The van der Waals surface area contributed by atoms with Crippen molar-refractivity contribution in [3.05, 3.63) is 0 Å². The van der Waals surface area contributed by atoms with Crippen molar-refractivity contribution in [2.24, 2.45) is 11.8 Å². The Morgan fingerprint density at radius 2 is 1.94 bits per heavy atom. The second kappa shape index (κ2) is 5.47. The maximum absolute atomic E-state index is 12.6. The molecule has 0 saturated heterocycles. The molecule has 1 aliphatic carbocycles. The summed E-state index contributed by atoms with van der Waals surface area (Å²) in [6.45, 7) is 3.03. The second-order valence-corrected chi connectivity index (χ2v) is 5.63. The summed E-state index contributed by atoms with van der Waals surface area (Å²) < 4.78 is 37.8. The van der Waals surface area contributed by atoms with E-state index in [1.165, 1.54) is 0 Å². The zero-order valence-electron chi connectivity index (χ0n) is 10.7. The van der Waals surface area contributed by atoms with Gasteiger partial charge in [-0.25, -0.2) is 0 Å². The van der Waals surface area contributed by atoms with Crippen LogP contribution in [0.5, 0.6) is 0 Å². The summed E-state index contributed by atoms with van der Waals surface area (Å²) in [6, 6.07) is 0. The summed E-state index contributed by atoms with van der Waals surface area (Å²) in [7, 11) is 0. The van der Waals surface area contributed by atoms with Crippen molar-refractivity contribution < 1.29 is 23.1 Å². The van der Waals surface area contributed by atoms with Gasteiger partial charge in [0, 0.05) is 5.92 Å². The van der Waals surface area contributed by atoms with Crippen LogP contribution in [-0.2, 0) is 4.79 Å². The number of hydrogen-bond donors (Lipinski definition) is 2. The fourth-order valence-corrected chi connectivity index (χ4v) is 2.20. The third kappa shape index (κ3) is 4.15. The molecule has 1 rings (SSSR count). The first-order valence-corrected chi connectivity index (χ1v) is 6.15. The first-order chi connectivity index (χ1) is 8.15. The Labute approximate surface area is 105 Å². The number of aliphatic hydroxyl groups is 1. The molecule has 106 valence electrons. The largest absolute Gasteiger partial charge is 0.394 e. The van der Waals surface area contributed by atoms with Crippen LogP contribution in [0.4, 0.5) is 13.2 Å². The van der Waals surface area contributed by atoms with E-state index in [1.807, 2.05) is 0 Å². The van der Waals surface area contributed by atoms with Gasteiger partial charge in [-0.05, 0) is 33.1 Å². The molecule has 0 bridgehead atoms. The molecule has 0 radical (unpaired) electrons. The quantitative estimate of drug-likeness (QED) is 0.824. The Morgan fingerprint density at radius 3 is 2.44 bits per heavy atom. The van der Waals surface area contributed by atoms with Crippen molar-refractivity contribution in [2.75, 3.05) is 6.61 Å². The van der Waals surface area contributed by atoms with Gasteiger partial charge in [0.25, 0.3) is 0 Å². The Morgan fingerprint density at radius 1 is 1.33 bits per heavy atom. The van der Waals surface area contributed by atoms with E-state index in [-0.39, 0.29) is 25.4 Å². The van der Waals surface area contributed by atoms with Crippen LogP contribution >= 0.6 is 0 Å². The zero-order chi connectivity index (χ0) is 14.0. The lowest BCUT2D eigenvalue weighted by molar-refractivity contribution is -0.186. The fourth-order valence-electron chi connectivity index (χ4n) is 2.20. The standard InChI is InChI=1S/C12H20F3NO2/c1-11(2,7-17)16-10(18)8-4-3-5-9(6-8)12(13,14)15/h8-9,17H,3-7H2,1-2H3,(H,16,18). The molecule has 0 aromatic carbocycles. The van der Waals surface area contributed by atoms with Crippen molar-refractivity contribution in [2.45, 2.75) is 51.2 Å². The normalized spacial score (nSPS) is 25.9. The molecule has 0 heterocycles. The highest BCUT2D eigenvalue weighted by atomic mass is 19.4. The molecule has 0 spiro atoms. The molecular formula is C12H20F3NO2. The van der Waals surface area contributed by atoms with Gasteiger partial charge in [-0.3, -0.25) is 4.79 Å². The van der Waals surface area contributed by atoms with Gasteiger partial charge in [0.1, 0.15) is 0 Å². The molecule has 0 aliphatic heterocycles. The van der Waals surface area contributed by atoms with Gasteiger partial charge in [-0.15, -0.1) is 0 Å². The van der Waals surface area contributed by atoms with Gasteiger partial charge in [-0.1, -0.05) is 6.42 Å². The number of amides is 1. The Bertz CT molecular complexity index is 302. The Kier molecular flexibility index (Phi) is 4.64. The number of nitrogens with one attached hydrogen (secondary N) is 1. The smallest absolute Gasteiger partial charge is 0.391 e. The van der Waals surface area contributed by atoms with Crippen LogP contribution in [0.1, 0.15) is 39.5 Å². The predicted octanol–water partition coefficient (Wildman–Crippen LogP) is 2.24. The summed E-state index contributed by atoms with van der Waals surface area (Å²) in [5, 5.41) is 11.6. The van der Waals surface area contributed by atoms with Gasteiger partial charge in [0.05, 0.1) is 18.1 Å². The van der Waals surface area contributed by atoms with Crippen LogP contribution in [-0.4, -0.2) is 29.3 Å². The number of rotatable bonds is 3. The number of aliphatic hydroxyl groups excluding tert-OH is 1. The minimum atomic E-state index is -4.22.